The quantitative estimate of drug-likeness (QED) is 0.0821. The summed E-state index contributed by atoms with van der Waals surface area (Å²) in [4.78, 5) is 0. The van der Waals surface area contributed by atoms with Gasteiger partial charge in [-0.2, -0.15) is 8.42 Å². The molecule has 0 aliphatic carbocycles. The number of nitrogens with one attached hydrogen (secondary N) is 1. The maximum Gasteiger partial charge on any atom is 0.267 e. The van der Waals surface area contributed by atoms with Crippen molar-refractivity contribution >= 4 is 10.1 Å². The van der Waals surface area contributed by atoms with Crippen LogP contribution in [-0.2, 0) is 10.1 Å². The van der Waals surface area contributed by atoms with Gasteiger partial charge in [-0.3, -0.25) is 4.55 Å². The van der Waals surface area contributed by atoms with Gasteiger partial charge in [-0.05, 0) is 13.0 Å². The number of hydrogen-bond acceptors (Lipinski definition) is 4. The molecule has 0 amide bonds. The van der Waals surface area contributed by atoms with Crippen molar-refractivity contribution in [3.63, 3.8) is 0 Å². The molecular formula is C27H57NO4S. The van der Waals surface area contributed by atoms with Crippen LogP contribution < -0.4 is 5.32 Å². The fraction of sp³-hybridized carbons (Fsp3) is 1.00. The van der Waals surface area contributed by atoms with Crippen molar-refractivity contribution in [2.75, 3.05) is 18.8 Å². The molecule has 0 spiro atoms. The van der Waals surface area contributed by atoms with Gasteiger partial charge in [0.15, 0.2) is 0 Å². The summed E-state index contributed by atoms with van der Waals surface area (Å²) in [6, 6.07) is 0. The lowest BCUT2D eigenvalue weighted by Crippen LogP contribution is -2.32. The highest BCUT2D eigenvalue weighted by Gasteiger charge is 2.13. The molecule has 5 nitrogen and oxygen atoms in total. The molecule has 0 rings (SSSR count). The highest BCUT2D eigenvalue weighted by molar-refractivity contribution is 7.85. The highest BCUT2D eigenvalue weighted by atomic mass is 32.2. The van der Waals surface area contributed by atoms with E-state index >= 15 is 0 Å². The summed E-state index contributed by atoms with van der Waals surface area (Å²) in [5, 5.41) is 12.5. The van der Waals surface area contributed by atoms with E-state index in [0.29, 0.717) is 0 Å². The van der Waals surface area contributed by atoms with Crippen LogP contribution in [0.2, 0.25) is 0 Å². The van der Waals surface area contributed by atoms with Gasteiger partial charge in [-0.15, -0.1) is 0 Å². The fourth-order valence-corrected chi connectivity index (χ4v) is 5.03. The summed E-state index contributed by atoms with van der Waals surface area (Å²) in [6.45, 7) is 3.27. The van der Waals surface area contributed by atoms with Gasteiger partial charge in [0.1, 0.15) is 5.75 Å². The predicted octanol–water partition coefficient (Wildman–Crippen LogP) is 7.43. The molecule has 0 aromatic heterocycles. The van der Waals surface area contributed by atoms with E-state index in [0.717, 1.165) is 13.0 Å². The largest absolute Gasteiger partial charge is 0.391 e. The SMILES string of the molecule is CCCCCCCCCCCCCCCCCCCCCCCCNCC(O)CS(=O)(=O)O. The van der Waals surface area contributed by atoms with Gasteiger partial charge in [0.2, 0.25) is 0 Å². The zero-order valence-electron chi connectivity index (χ0n) is 21.9. The Kier molecular flexibility index (Phi) is 24.8. The highest BCUT2D eigenvalue weighted by Crippen LogP contribution is 2.15. The van der Waals surface area contributed by atoms with Crippen molar-refractivity contribution in [3.05, 3.63) is 0 Å². The van der Waals surface area contributed by atoms with Crippen molar-refractivity contribution in [1.29, 1.82) is 0 Å². The molecule has 0 heterocycles. The molecule has 0 aromatic rings. The molecule has 3 N–H and O–H groups in total. The van der Waals surface area contributed by atoms with Crippen molar-refractivity contribution in [2.24, 2.45) is 0 Å². The van der Waals surface area contributed by atoms with Crippen LogP contribution in [-0.4, -0.2) is 43.0 Å². The standard InChI is InChI=1S/C27H57NO4S/c1-2-3-4-5-6-7-8-9-10-11-12-13-14-15-16-17-18-19-20-21-22-23-24-28-25-27(29)26-33(30,31)32/h27-29H,2-26H2,1H3,(H,30,31,32). The number of unbranched alkanes of at least 4 members (excludes halogenated alkanes) is 21. The Morgan fingerprint density at radius 3 is 1.18 bits per heavy atom. The normalized spacial score (nSPS) is 12.9. The van der Waals surface area contributed by atoms with E-state index < -0.39 is 22.0 Å². The molecule has 1 atom stereocenters. The molecule has 0 bridgehead atoms. The van der Waals surface area contributed by atoms with E-state index in [1.54, 1.807) is 0 Å². The van der Waals surface area contributed by atoms with Gasteiger partial charge < -0.3 is 10.4 Å². The lowest BCUT2D eigenvalue weighted by Gasteiger charge is -2.10. The van der Waals surface area contributed by atoms with Gasteiger partial charge in [-0.1, -0.05) is 142 Å². The topological polar surface area (TPSA) is 86.6 Å². The van der Waals surface area contributed by atoms with Crippen LogP contribution in [0.4, 0.5) is 0 Å². The second kappa shape index (κ2) is 24.9. The van der Waals surface area contributed by atoms with E-state index in [9.17, 15) is 13.5 Å². The summed E-state index contributed by atoms with van der Waals surface area (Å²) < 4.78 is 30.0. The van der Waals surface area contributed by atoms with Crippen LogP contribution in [0.25, 0.3) is 0 Å². The van der Waals surface area contributed by atoms with Crippen molar-refractivity contribution in [2.45, 2.75) is 154 Å². The first-order valence-corrected chi connectivity index (χ1v) is 15.9. The van der Waals surface area contributed by atoms with E-state index in [-0.39, 0.29) is 6.54 Å². The number of aliphatic hydroxyl groups is 1. The number of aliphatic hydroxyl groups excluding tert-OH is 1. The monoisotopic (exact) mass is 491 g/mol. The summed E-state index contributed by atoms with van der Waals surface area (Å²) in [5.41, 5.74) is 0. The van der Waals surface area contributed by atoms with Gasteiger partial charge in [0.25, 0.3) is 10.1 Å². The number of hydrogen-bond donors (Lipinski definition) is 3. The first kappa shape index (κ1) is 32.8. The third-order valence-corrected chi connectivity index (χ3v) is 7.30. The van der Waals surface area contributed by atoms with Crippen LogP contribution in [0.5, 0.6) is 0 Å². The maximum atomic E-state index is 10.6. The first-order valence-electron chi connectivity index (χ1n) is 14.3. The molecule has 200 valence electrons. The van der Waals surface area contributed by atoms with Crippen LogP contribution in [0, 0.1) is 0 Å². The Bertz CT molecular complexity index is 485. The fourth-order valence-electron chi connectivity index (χ4n) is 4.43. The van der Waals surface area contributed by atoms with Crippen LogP contribution in [0.3, 0.4) is 0 Å². The predicted molar refractivity (Wildman–Crippen MR) is 143 cm³/mol. The van der Waals surface area contributed by atoms with E-state index in [4.69, 9.17) is 4.55 Å². The van der Waals surface area contributed by atoms with Crippen molar-refractivity contribution in [3.8, 4) is 0 Å². The zero-order valence-corrected chi connectivity index (χ0v) is 22.7. The van der Waals surface area contributed by atoms with Gasteiger partial charge in [-0.25, -0.2) is 0 Å². The maximum absolute atomic E-state index is 10.6. The third-order valence-electron chi connectivity index (χ3n) is 6.49. The van der Waals surface area contributed by atoms with E-state index in [2.05, 4.69) is 12.2 Å². The minimum absolute atomic E-state index is 0.207. The molecule has 0 radical (unpaired) electrons. The van der Waals surface area contributed by atoms with Crippen molar-refractivity contribution in [1.82, 2.24) is 5.32 Å². The summed E-state index contributed by atoms with van der Waals surface area (Å²) in [6.07, 6.45) is 29.2. The minimum atomic E-state index is -4.09. The molecule has 0 saturated heterocycles. The zero-order chi connectivity index (χ0) is 24.5. The molecular weight excluding hydrogens is 434 g/mol. The van der Waals surface area contributed by atoms with Gasteiger partial charge in [0.05, 0.1) is 6.10 Å². The molecule has 0 aliphatic heterocycles. The van der Waals surface area contributed by atoms with Crippen LogP contribution >= 0.6 is 0 Å². The van der Waals surface area contributed by atoms with Crippen molar-refractivity contribution < 1.29 is 18.1 Å². The Balaban J connectivity index is 3.10. The molecule has 33 heavy (non-hydrogen) atoms. The smallest absolute Gasteiger partial charge is 0.267 e. The summed E-state index contributed by atoms with van der Waals surface area (Å²) in [5.74, 6) is -0.598. The summed E-state index contributed by atoms with van der Waals surface area (Å²) in [7, 11) is -4.09. The van der Waals surface area contributed by atoms with Gasteiger partial charge >= 0.3 is 0 Å². The molecule has 0 aliphatic rings. The molecule has 0 aromatic carbocycles. The second-order valence-corrected chi connectivity index (χ2v) is 11.5. The molecule has 0 saturated carbocycles. The average Bonchev–Trinajstić information content (AvgIpc) is 2.75. The molecule has 0 fully saturated rings. The van der Waals surface area contributed by atoms with E-state index in [1.807, 2.05) is 0 Å². The Labute approximate surface area is 206 Å². The Morgan fingerprint density at radius 2 is 0.879 bits per heavy atom. The third kappa shape index (κ3) is 29.8. The average molecular weight is 492 g/mol. The summed E-state index contributed by atoms with van der Waals surface area (Å²) >= 11 is 0. The van der Waals surface area contributed by atoms with Crippen LogP contribution in [0.1, 0.15) is 148 Å². The first-order chi connectivity index (χ1) is 16.0. The lowest BCUT2D eigenvalue weighted by molar-refractivity contribution is 0.191. The van der Waals surface area contributed by atoms with Crippen LogP contribution in [0.15, 0.2) is 0 Å². The molecule has 6 heteroatoms. The second-order valence-electron chi connectivity index (χ2n) is 10.0. The Hall–Kier alpha value is -0.170. The van der Waals surface area contributed by atoms with E-state index in [1.165, 1.54) is 135 Å². The number of rotatable bonds is 27. The lowest BCUT2D eigenvalue weighted by atomic mass is 10.0. The Morgan fingerprint density at radius 1 is 0.576 bits per heavy atom. The minimum Gasteiger partial charge on any atom is -0.391 e. The molecule has 1 unspecified atom stereocenters. The van der Waals surface area contributed by atoms with Gasteiger partial charge in [0, 0.05) is 6.54 Å².